The van der Waals surface area contributed by atoms with Crippen LogP contribution >= 0.6 is 0 Å². The molecule has 0 fully saturated rings. The van der Waals surface area contributed by atoms with Gasteiger partial charge in [-0.2, -0.15) is 13.2 Å². The van der Waals surface area contributed by atoms with Gasteiger partial charge in [0.05, 0.1) is 0 Å². The lowest BCUT2D eigenvalue weighted by atomic mass is 10.1. The summed E-state index contributed by atoms with van der Waals surface area (Å²) < 4.78 is 43.7. The van der Waals surface area contributed by atoms with Crippen LogP contribution < -0.4 is 4.74 Å². The lowest BCUT2D eigenvalue weighted by Gasteiger charge is -2.21. The normalized spacial score (nSPS) is 13.1. The topological polar surface area (TPSA) is 35.0 Å². The molecule has 0 saturated heterocycles. The largest absolute Gasteiger partial charge is 0.460 e. The first kappa shape index (κ1) is 12.3. The van der Waals surface area contributed by atoms with Crippen LogP contribution in [0.5, 0.6) is 5.88 Å². The molecule has 2 rings (SSSR count). The average molecular weight is 254 g/mol. The summed E-state index contributed by atoms with van der Waals surface area (Å²) in [5, 5.41) is 0. The Kier molecular flexibility index (Phi) is 3.45. The molecule has 1 aromatic heterocycles. The van der Waals surface area contributed by atoms with Crippen molar-refractivity contribution in [3.8, 4) is 5.88 Å². The van der Waals surface area contributed by atoms with E-state index in [1.807, 2.05) is 0 Å². The summed E-state index contributed by atoms with van der Waals surface area (Å²) in [5.74, 6) is -0.115. The Labute approximate surface area is 101 Å². The zero-order chi connectivity index (χ0) is 13.0. The molecule has 6 heteroatoms. The van der Waals surface area contributed by atoms with Gasteiger partial charge in [0.2, 0.25) is 12.0 Å². The third-order valence-electron chi connectivity index (χ3n) is 2.19. The highest BCUT2D eigenvalue weighted by Gasteiger charge is 2.43. The van der Waals surface area contributed by atoms with E-state index in [4.69, 9.17) is 4.74 Å². The zero-order valence-electron chi connectivity index (χ0n) is 9.13. The highest BCUT2D eigenvalue weighted by Crippen LogP contribution is 2.35. The van der Waals surface area contributed by atoms with Gasteiger partial charge in [0.25, 0.3) is 0 Å². The molecule has 0 bridgehead atoms. The fourth-order valence-corrected chi connectivity index (χ4v) is 1.42. The first-order valence-electron chi connectivity index (χ1n) is 5.12. The van der Waals surface area contributed by atoms with E-state index in [1.165, 1.54) is 36.5 Å². The second-order valence-corrected chi connectivity index (χ2v) is 3.50. The van der Waals surface area contributed by atoms with E-state index in [0.717, 1.165) is 6.33 Å². The van der Waals surface area contributed by atoms with Crippen molar-refractivity contribution in [3.05, 3.63) is 54.5 Å². The summed E-state index contributed by atoms with van der Waals surface area (Å²) in [6.45, 7) is 0. The van der Waals surface area contributed by atoms with Gasteiger partial charge in [0, 0.05) is 17.8 Å². The second-order valence-electron chi connectivity index (χ2n) is 3.50. The van der Waals surface area contributed by atoms with Gasteiger partial charge in [-0.25, -0.2) is 9.97 Å². The lowest BCUT2D eigenvalue weighted by Crippen LogP contribution is -2.26. The van der Waals surface area contributed by atoms with Crippen LogP contribution in [0.1, 0.15) is 11.7 Å². The number of nitrogens with zero attached hydrogens (tertiary/aromatic N) is 2. The van der Waals surface area contributed by atoms with Crippen molar-refractivity contribution in [2.45, 2.75) is 12.3 Å². The number of alkyl halides is 3. The van der Waals surface area contributed by atoms with Crippen LogP contribution in [0.4, 0.5) is 13.2 Å². The van der Waals surface area contributed by atoms with Gasteiger partial charge in [-0.15, -0.1) is 0 Å². The van der Waals surface area contributed by atoms with E-state index in [-0.39, 0.29) is 11.4 Å². The van der Waals surface area contributed by atoms with Gasteiger partial charge in [0.1, 0.15) is 6.33 Å². The molecule has 0 saturated carbocycles. The van der Waals surface area contributed by atoms with Crippen LogP contribution in [0, 0.1) is 0 Å². The maximum absolute atomic E-state index is 12.9. The summed E-state index contributed by atoms with van der Waals surface area (Å²) in [6.07, 6.45) is -4.09. The predicted octanol–water partition coefficient (Wildman–Crippen LogP) is 3.16. The first-order valence-corrected chi connectivity index (χ1v) is 5.12. The second kappa shape index (κ2) is 5.03. The van der Waals surface area contributed by atoms with E-state index in [1.54, 1.807) is 6.07 Å². The molecule has 1 unspecified atom stereocenters. The van der Waals surface area contributed by atoms with Crippen molar-refractivity contribution in [2.24, 2.45) is 0 Å². The van der Waals surface area contributed by atoms with Crippen molar-refractivity contribution in [2.75, 3.05) is 0 Å². The summed E-state index contributed by atoms with van der Waals surface area (Å²) in [4.78, 5) is 7.24. The highest BCUT2D eigenvalue weighted by atomic mass is 19.4. The van der Waals surface area contributed by atoms with Crippen molar-refractivity contribution in [3.63, 3.8) is 0 Å². The van der Waals surface area contributed by atoms with Gasteiger partial charge in [-0.05, 0) is 0 Å². The smallest absolute Gasteiger partial charge is 0.429 e. The number of hydrogen-bond donors (Lipinski definition) is 0. The molecule has 1 heterocycles. The van der Waals surface area contributed by atoms with Crippen molar-refractivity contribution < 1.29 is 17.9 Å². The SMILES string of the molecule is FC(F)(F)C(Oc1ccncn1)c1ccccc1. The quantitative estimate of drug-likeness (QED) is 0.843. The van der Waals surface area contributed by atoms with Crippen LogP contribution in [0.25, 0.3) is 0 Å². The van der Waals surface area contributed by atoms with Gasteiger partial charge in [-0.3, -0.25) is 0 Å². The number of halogens is 3. The summed E-state index contributed by atoms with van der Waals surface area (Å²) in [6, 6.07) is 8.69. The Morgan fingerprint density at radius 1 is 1.06 bits per heavy atom. The molecule has 18 heavy (non-hydrogen) atoms. The third-order valence-corrected chi connectivity index (χ3v) is 2.19. The highest BCUT2D eigenvalue weighted by molar-refractivity contribution is 5.20. The van der Waals surface area contributed by atoms with E-state index < -0.39 is 12.3 Å². The van der Waals surface area contributed by atoms with Crippen LogP contribution in [-0.2, 0) is 0 Å². The van der Waals surface area contributed by atoms with E-state index >= 15 is 0 Å². The molecule has 3 nitrogen and oxygen atoms in total. The van der Waals surface area contributed by atoms with Crippen LogP contribution in [-0.4, -0.2) is 16.1 Å². The molecule has 0 spiro atoms. The molecule has 0 aliphatic carbocycles. The minimum Gasteiger partial charge on any atom is -0.460 e. The fraction of sp³-hybridized carbons (Fsp3) is 0.167. The van der Waals surface area contributed by atoms with E-state index in [2.05, 4.69) is 9.97 Å². The van der Waals surface area contributed by atoms with Crippen LogP contribution in [0.2, 0.25) is 0 Å². The molecule has 0 radical (unpaired) electrons. The standard InChI is InChI=1S/C12H9F3N2O/c13-12(14,15)11(9-4-2-1-3-5-9)18-10-6-7-16-8-17-10/h1-8,11H. The first-order chi connectivity index (χ1) is 8.57. The van der Waals surface area contributed by atoms with Gasteiger partial charge >= 0.3 is 6.18 Å². The fourth-order valence-electron chi connectivity index (χ4n) is 1.42. The molecule has 94 valence electrons. The Bertz CT molecular complexity index is 488. The summed E-state index contributed by atoms with van der Waals surface area (Å²) in [5.41, 5.74) is 0.0311. The Morgan fingerprint density at radius 3 is 2.33 bits per heavy atom. The molecule has 2 aromatic rings. The summed E-state index contributed by atoms with van der Waals surface area (Å²) >= 11 is 0. The molecule has 0 aliphatic rings. The predicted molar refractivity (Wildman–Crippen MR) is 57.9 cm³/mol. The Morgan fingerprint density at radius 2 is 1.78 bits per heavy atom. The number of hydrogen-bond acceptors (Lipinski definition) is 3. The van der Waals surface area contributed by atoms with Crippen molar-refractivity contribution in [1.29, 1.82) is 0 Å². The summed E-state index contributed by atoms with van der Waals surface area (Å²) in [7, 11) is 0. The van der Waals surface area contributed by atoms with Crippen LogP contribution in [0.3, 0.4) is 0 Å². The van der Waals surface area contributed by atoms with Gasteiger partial charge in [0.15, 0.2) is 0 Å². The maximum atomic E-state index is 12.9. The van der Waals surface area contributed by atoms with Gasteiger partial charge in [-0.1, -0.05) is 30.3 Å². The number of ether oxygens (including phenoxy) is 1. The van der Waals surface area contributed by atoms with Crippen molar-refractivity contribution >= 4 is 0 Å². The minimum absolute atomic E-state index is 0.0311. The molecule has 1 aromatic carbocycles. The number of aromatic nitrogens is 2. The van der Waals surface area contributed by atoms with E-state index in [0.29, 0.717) is 0 Å². The lowest BCUT2D eigenvalue weighted by molar-refractivity contribution is -0.198. The maximum Gasteiger partial charge on any atom is 0.429 e. The van der Waals surface area contributed by atoms with Crippen molar-refractivity contribution in [1.82, 2.24) is 9.97 Å². The molecule has 0 N–H and O–H groups in total. The molecule has 0 aliphatic heterocycles. The van der Waals surface area contributed by atoms with Gasteiger partial charge < -0.3 is 4.74 Å². The number of benzene rings is 1. The molecule has 1 atom stereocenters. The third kappa shape index (κ3) is 2.97. The monoisotopic (exact) mass is 254 g/mol. The minimum atomic E-state index is -4.51. The molecular weight excluding hydrogens is 245 g/mol. The Hall–Kier alpha value is -2.11. The van der Waals surface area contributed by atoms with Crippen LogP contribution in [0.15, 0.2) is 48.9 Å². The Balaban J connectivity index is 2.28. The molecular formula is C12H9F3N2O. The van der Waals surface area contributed by atoms with E-state index in [9.17, 15) is 13.2 Å². The number of rotatable bonds is 3. The average Bonchev–Trinajstić information content (AvgIpc) is 2.37. The zero-order valence-corrected chi connectivity index (χ0v) is 9.13. The molecule has 0 amide bonds.